The molecule has 0 radical (unpaired) electrons. The molecule has 1 aliphatic heterocycles. The quantitative estimate of drug-likeness (QED) is 0.631. The molecule has 1 fully saturated rings. The van der Waals surface area contributed by atoms with E-state index in [1.54, 1.807) is 6.07 Å². The maximum absolute atomic E-state index is 12.4. The van der Waals surface area contributed by atoms with Gasteiger partial charge in [-0.1, -0.05) is 54.1 Å². The highest BCUT2D eigenvalue weighted by atomic mass is 35.5. The lowest BCUT2D eigenvalue weighted by atomic mass is 10.1. The Morgan fingerprint density at radius 2 is 1.73 bits per heavy atom. The molecule has 1 saturated heterocycles. The first-order chi connectivity index (χ1) is 14.7. The number of H-pyrrole nitrogens is 1. The van der Waals surface area contributed by atoms with Gasteiger partial charge in [-0.2, -0.15) is 5.10 Å². The van der Waals surface area contributed by atoms with Crippen LogP contribution in [0, 0.1) is 0 Å². The fraction of sp³-hybridized carbons (Fsp3) is 0.304. The van der Waals surface area contributed by atoms with Crippen molar-refractivity contribution in [1.29, 1.82) is 0 Å². The number of para-hydroxylation sites is 1. The van der Waals surface area contributed by atoms with Crippen LogP contribution in [0.15, 0.2) is 60.8 Å². The molecule has 2 aromatic carbocycles. The van der Waals surface area contributed by atoms with Crippen molar-refractivity contribution in [2.45, 2.75) is 13.0 Å². The normalized spacial score (nSPS) is 15.6. The molecule has 1 amide bonds. The van der Waals surface area contributed by atoms with E-state index in [2.05, 4.69) is 37.4 Å². The van der Waals surface area contributed by atoms with Crippen LogP contribution in [0.2, 0.25) is 5.02 Å². The molecular formula is C23H26ClN5O. The zero-order valence-electron chi connectivity index (χ0n) is 16.9. The Morgan fingerprint density at radius 3 is 2.57 bits per heavy atom. The first-order valence-corrected chi connectivity index (χ1v) is 10.6. The topological polar surface area (TPSA) is 64.3 Å². The number of carbonyl (C=O) groups excluding carboxylic acids is 1. The number of amides is 1. The lowest BCUT2D eigenvalue weighted by Gasteiger charge is -2.21. The number of carbonyl (C=O) groups is 1. The van der Waals surface area contributed by atoms with Gasteiger partial charge in [0.25, 0.3) is 0 Å². The summed E-state index contributed by atoms with van der Waals surface area (Å²) in [4.78, 5) is 17.1. The first kappa shape index (κ1) is 20.6. The lowest BCUT2D eigenvalue weighted by Crippen LogP contribution is -2.36. The number of hydrogen-bond donors (Lipinski definition) is 2. The van der Waals surface area contributed by atoms with E-state index in [4.69, 9.17) is 11.6 Å². The van der Waals surface area contributed by atoms with Gasteiger partial charge < -0.3 is 5.32 Å². The zero-order valence-corrected chi connectivity index (χ0v) is 17.6. The summed E-state index contributed by atoms with van der Waals surface area (Å²) in [5.74, 6) is -0.0299. The number of nitrogens with one attached hydrogen (secondary N) is 2. The Bertz CT molecular complexity index is 974. The fourth-order valence-electron chi connectivity index (χ4n) is 3.82. The highest BCUT2D eigenvalue weighted by molar-refractivity contribution is 6.33. The Labute approximate surface area is 181 Å². The van der Waals surface area contributed by atoms with Crippen LogP contribution in [0.25, 0.3) is 11.3 Å². The molecule has 0 aliphatic carbocycles. The molecule has 0 spiro atoms. The van der Waals surface area contributed by atoms with Crippen LogP contribution in [0.5, 0.6) is 0 Å². The summed E-state index contributed by atoms with van der Waals surface area (Å²) >= 11 is 6.14. The number of benzene rings is 2. The number of rotatable bonds is 6. The van der Waals surface area contributed by atoms with Crippen LogP contribution in [0.3, 0.4) is 0 Å². The molecule has 7 heteroatoms. The number of aromatic amines is 1. The van der Waals surface area contributed by atoms with Gasteiger partial charge in [0.05, 0.1) is 29.1 Å². The van der Waals surface area contributed by atoms with E-state index in [0.717, 1.165) is 50.4 Å². The summed E-state index contributed by atoms with van der Waals surface area (Å²) < 4.78 is 0. The van der Waals surface area contributed by atoms with E-state index in [1.165, 1.54) is 5.56 Å². The molecule has 30 heavy (non-hydrogen) atoms. The van der Waals surface area contributed by atoms with E-state index in [0.29, 0.717) is 17.3 Å². The van der Waals surface area contributed by atoms with Crippen molar-refractivity contribution >= 4 is 23.2 Å². The summed E-state index contributed by atoms with van der Waals surface area (Å²) in [6.07, 6.45) is 2.94. The van der Waals surface area contributed by atoms with Crippen LogP contribution in [0.1, 0.15) is 12.0 Å². The van der Waals surface area contributed by atoms with Gasteiger partial charge in [0.2, 0.25) is 5.91 Å². The Kier molecular flexibility index (Phi) is 6.79. The number of halogens is 1. The standard InChI is InChI=1S/C23H26ClN5O/c24-20-9-4-5-10-21(20)26-22(30)17-29-12-6-11-28(13-14-29)16-19-15-25-27-23(19)18-7-2-1-3-8-18/h1-5,7-10,15H,6,11-14,16-17H2,(H,25,27)(H,26,30). The zero-order chi connectivity index (χ0) is 20.8. The molecule has 0 unspecified atom stereocenters. The smallest absolute Gasteiger partial charge is 0.238 e. The Morgan fingerprint density at radius 1 is 1.00 bits per heavy atom. The van der Waals surface area contributed by atoms with E-state index in [-0.39, 0.29) is 5.91 Å². The third-order valence-corrected chi connectivity index (χ3v) is 5.70. The van der Waals surface area contributed by atoms with Crippen LogP contribution in [-0.4, -0.2) is 58.6 Å². The van der Waals surface area contributed by atoms with E-state index < -0.39 is 0 Å². The van der Waals surface area contributed by atoms with Gasteiger partial charge in [-0.05, 0) is 37.2 Å². The van der Waals surface area contributed by atoms with E-state index in [9.17, 15) is 4.79 Å². The summed E-state index contributed by atoms with van der Waals surface area (Å²) in [5.41, 5.74) is 4.09. The van der Waals surface area contributed by atoms with Crippen LogP contribution in [0.4, 0.5) is 5.69 Å². The van der Waals surface area contributed by atoms with Crippen LogP contribution < -0.4 is 5.32 Å². The van der Waals surface area contributed by atoms with Crippen LogP contribution >= 0.6 is 11.6 Å². The molecule has 1 aromatic heterocycles. The summed E-state index contributed by atoms with van der Waals surface area (Å²) in [6.45, 7) is 4.90. The molecule has 4 rings (SSSR count). The SMILES string of the molecule is O=C(CN1CCCN(Cc2cn[nH]c2-c2ccccc2)CC1)Nc1ccccc1Cl. The van der Waals surface area contributed by atoms with Gasteiger partial charge in [0.1, 0.15) is 0 Å². The second kappa shape index (κ2) is 9.89. The average molecular weight is 424 g/mol. The average Bonchev–Trinajstić information content (AvgIpc) is 3.11. The number of hydrogen-bond acceptors (Lipinski definition) is 4. The van der Waals surface area contributed by atoms with Crippen molar-refractivity contribution in [2.75, 3.05) is 38.0 Å². The van der Waals surface area contributed by atoms with Gasteiger partial charge in [-0.15, -0.1) is 0 Å². The number of anilines is 1. The summed E-state index contributed by atoms with van der Waals surface area (Å²) in [5, 5.41) is 10.9. The molecule has 6 nitrogen and oxygen atoms in total. The van der Waals surface area contributed by atoms with Crippen molar-refractivity contribution in [2.24, 2.45) is 0 Å². The third-order valence-electron chi connectivity index (χ3n) is 5.37. The van der Waals surface area contributed by atoms with Gasteiger partial charge in [0, 0.05) is 25.2 Å². The van der Waals surface area contributed by atoms with Gasteiger partial charge in [-0.25, -0.2) is 0 Å². The minimum Gasteiger partial charge on any atom is -0.324 e. The van der Waals surface area contributed by atoms with Crippen molar-refractivity contribution in [3.05, 3.63) is 71.4 Å². The molecular weight excluding hydrogens is 398 g/mol. The molecule has 3 aromatic rings. The minimum absolute atomic E-state index is 0.0299. The Balaban J connectivity index is 1.31. The molecule has 2 N–H and O–H groups in total. The Hall–Kier alpha value is -2.67. The fourth-order valence-corrected chi connectivity index (χ4v) is 4.01. The van der Waals surface area contributed by atoms with Crippen molar-refractivity contribution < 1.29 is 4.79 Å². The first-order valence-electron chi connectivity index (χ1n) is 10.3. The van der Waals surface area contributed by atoms with E-state index >= 15 is 0 Å². The number of aromatic nitrogens is 2. The third kappa shape index (κ3) is 5.27. The van der Waals surface area contributed by atoms with Crippen molar-refractivity contribution in [3.63, 3.8) is 0 Å². The maximum atomic E-state index is 12.4. The molecule has 0 atom stereocenters. The lowest BCUT2D eigenvalue weighted by molar-refractivity contribution is -0.117. The second-order valence-electron chi connectivity index (χ2n) is 7.57. The monoisotopic (exact) mass is 423 g/mol. The van der Waals surface area contributed by atoms with Crippen LogP contribution in [-0.2, 0) is 11.3 Å². The summed E-state index contributed by atoms with van der Waals surface area (Å²) in [7, 11) is 0. The largest absolute Gasteiger partial charge is 0.324 e. The van der Waals surface area contributed by atoms with Gasteiger partial charge >= 0.3 is 0 Å². The predicted molar refractivity (Wildman–Crippen MR) is 120 cm³/mol. The highest BCUT2D eigenvalue weighted by Gasteiger charge is 2.19. The molecule has 156 valence electrons. The minimum atomic E-state index is -0.0299. The molecule has 1 aliphatic rings. The highest BCUT2D eigenvalue weighted by Crippen LogP contribution is 2.23. The van der Waals surface area contributed by atoms with Gasteiger partial charge in [-0.3, -0.25) is 19.7 Å². The van der Waals surface area contributed by atoms with E-state index in [1.807, 2.05) is 42.6 Å². The molecule has 2 heterocycles. The maximum Gasteiger partial charge on any atom is 0.238 e. The number of nitrogens with zero attached hydrogens (tertiary/aromatic N) is 3. The molecule has 0 bridgehead atoms. The predicted octanol–water partition coefficient (Wildman–Crippen LogP) is 3.88. The molecule has 0 saturated carbocycles. The summed E-state index contributed by atoms with van der Waals surface area (Å²) in [6, 6.07) is 17.6. The van der Waals surface area contributed by atoms with Gasteiger partial charge in [0.15, 0.2) is 0 Å². The van der Waals surface area contributed by atoms with Crippen molar-refractivity contribution in [1.82, 2.24) is 20.0 Å². The second-order valence-corrected chi connectivity index (χ2v) is 7.98. The van der Waals surface area contributed by atoms with Crippen molar-refractivity contribution in [3.8, 4) is 11.3 Å².